The number of para-hydroxylation sites is 1. The summed E-state index contributed by atoms with van der Waals surface area (Å²) in [5, 5.41) is 5.29. The molecule has 2 aliphatic heterocycles. The molecule has 0 aromatic heterocycles. The summed E-state index contributed by atoms with van der Waals surface area (Å²) in [7, 11) is 0. The van der Waals surface area contributed by atoms with E-state index in [0.29, 0.717) is 11.4 Å². The van der Waals surface area contributed by atoms with Crippen molar-refractivity contribution in [3.05, 3.63) is 42.5 Å². The van der Waals surface area contributed by atoms with Crippen LogP contribution in [0.15, 0.2) is 47.4 Å². The van der Waals surface area contributed by atoms with Gasteiger partial charge in [0, 0.05) is 35.9 Å². The Bertz CT molecular complexity index is 955. The van der Waals surface area contributed by atoms with E-state index in [9.17, 15) is 9.59 Å². The zero-order chi connectivity index (χ0) is 19.1. The normalized spacial score (nSPS) is 21.3. The number of nitrogens with one attached hydrogen (secondary N) is 2. The molecule has 3 aliphatic rings. The summed E-state index contributed by atoms with van der Waals surface area (Å²) in [5.74, 6) is 0.515. The average Bonchev–Trinajstić information content (AvgIpc) is 3.28. The summed E-state index contributed by atoms with van der Waals surface area (Å²) in [6.07, 6.45) is 4.07. The van der Waals surface area contributed by atoms with Gasteiger partial charge in [0.05, 0.1) is 10.9 Å². The fourth-order valence-electron chi connectivity index (χ4n) is 3.90. The van der Waals surface area contributed by atoms with Crippen LogP contribution in [0.1, 0.15) is 32.1 Å². The molecule has 1 atom stereocenters. The molecule has 2 heterocycles. The van der Waals surface area contributed by atoms with Gasteiger partial charge in [-0.1, -0.05) is 12.1 Å². The van der Waals surface area contributed by atoms with Crippen LogP contribution in [0.3, 0.4) is 0 Å². The van der Waals surface area contributed by atoms with Gasteiger partial charge in [0.15, 0.2) is 11.5 Å². The Kier molecular flexibility index (Phi) is 4.19. The van der Waals surface area contributed by atoms with Crippen LogP contribution < -0.4 is 20.1 Å². The highest BCUT2D eigenvalue weighted by Gasteiger charge is 2.44. The van der Waals surface area contributed by atoms with E-state index in [-0.39, 0.29) is 18.2 Å². The van der Waals surface area contributed by atoms with Gasteiger partial charge >= 0.3 is 0 Å². The highest BCUT2D eigenvalue weighted by Crippen LogP contribution is 2.47. The van der Waals surface area contributed by atoms with Crippen molar-refractivity contribution >= 4 is 35.0 Å². The molecule has 5 rings (SSSR count). The molecular formula is C21H20N2O4S. The van der Waals surface area contributed by atoms with E-state index in [1.54, 1.807) is 12.1 Å². The van der Waals surface area contributed by atoms with Gasteiger partial charge in [0.25, 0.3) is 5.79 Å². The van der Waals surface area contributed by atoms with Gasteiger partial charge in [-0.3, -0.25) is 9.59 Å². The predicted molar refractivity (Wildman–Crippen MR) is 107 cm³/mol. The first kappa shape index (κ1) is 17.4. The largest absolute Gasteiger partial charge is 0.448 e. The SMILES string of the molecule is O=C(C[C@H]1Sc2ccccc2NC1=O)Nc1ccc2c(c1)OC1(CCCC1)O2. The van der Waals surface area contributed by atoms with Crippen molar-refractivity contribution in [2.75, 3.05) is 10.6 Å². The Balaban J connectivity index is 1.24. The van der Waals surface area contributed by atoms with Crippen LogP contribution in [0, 0.1) is 0 Å². The number of rotatable bonds is 3. The highest BCUT2D eigenvalue weighted by atomic mass is 32.2. The minimum absolute atomic E-state index is 0.100. The van der Waals surface area contributed by atoms with Gasteiger partial charge < -0.3 is 20.1 Å². The lowest BCUT2D eigenvalue weighted by Gasteiger charge is -2.23. The van der Waals surface area contributed by atoms with Gasteiger partial charge in [0.1, 0.15) is 0 Å². The molecule has 6 nitrogen and oxygen atoms in total. The third kappa shape index (κ3) is 3.20. The fourth-order valence-corrected chi connectivity index (χ4v) is 5.01. The Morgan fingerprint density at radius 2 is 1.93 bits per heavy atom. The number of carbonyl (C=O) groups excluding carboxylic acids is 2. The van der Waals surface area contributed by atoms with Crippen molar-refractivity contribution in [1.29, 1.82) is 0 Å². The van der Waals surface area contributed by atoms with E-state index in [0.717, 1.165) is 42.0 Å². The van der Waals surface area contributed by atoms with Gasteiger partial charge in [-0.15, -0.1) is 11.8 Å². The van der Waals surface area contributed by atoms with E-state index < -0.39 is 11.0 Å². The molecule has 0 saturated heterocycles. The van der Waals surface area contributed by atoms with Crippen LogP contribution in [0.5, 0.6) is 11.5 Å². The Morgan fingerprint density at radius 1 is 1.14 bits per heavy atom. The standard InChI is InChI=1S/C21H20N2O4S/c24-19(12-18-20(25)23-14-5-1-2-6-17(14)28-18)22-13-7-8-15-16(11-13)27-21(26-15)9-3-4-10-21/h1-2,5-8,11,18H,3-4,9-10,12H2,(H,22,24)(H,23,25)/t18-/m1/s1. The van der Waals surface area contributed by atoms with E-state index in [1.807, 2.05) is 30.3 Å². The molecule has 144 valence electrons. The lowest BCUT2D eigenvalue weighted by molar-refractivity contribution is -0.120. The summed E-state index contributed by atoms with van der Waals surface area (Å²) < 4.78 is 12.0. The Hall–Kier alpha value is -2.67. The van der Waals surface area contributed by atoms with Crippen molar-refractivity contribution < 1.29 is 19.1 Å². The third-order valence-corrected chi connectivity index (χ3v) is 6.54. The van der Waals surface area contributed by atoms with Crippen molar-refractivity contribution in [2.45, 2.75) is 48.0 Å². The number of hydrogen-bond donors (Lipinski definition) is 2. The monoisotopic (exact) mass is 396 g/mol. The first-order valence-electron chi connectivity index (χ1n) is 9.49. The second-order valence-corrected chi connectivity index (χ2v) is 8.57. The van der Waals surface area contributed by atoms with Gasteiger partial charge in [-0.05, 0) is 37.1 Å². The number of carbonyl (C=O) groups is 2. The maximum absolute atomic E-state index is 12.5. The molecule has 7 heteroatoms. The van der Waals surface area contributed by atoms with Crippen LogP contribution in [0.2, 0.25) is 0 Å². The van der Waals surface area contributed by atoms with Gasteiger partial charge in [-0.2, -0.15) is 0 Å². The second-order valence-electron chi connectivity index (χ2n) is 7.33. The first-order chi connectivity index (χ1) is 13.6. The number of thioether (sulfide) groups is 1. The molecule has 2 aromatic rings. The Labute approximate surface area is 167 Å². The molecule has 1 saturated carbocycles. The number of anilines is 2. The van der Waals surface area contributed by atoms with E-state index in [4.69, 9.17) is 9.47 Å². The predicted octanol–water partition coefficient (Wildman–Crippen LogP) is 4.17. The van der Waals surface area contributed by atoms with E-state index >= 15 is 0 Å². The summed E-state index contributed by atoms with van der Waals surface area (Å²) in [6, 6.07) is 13.0. The smallest absolute Gasteiger partial charge is 0.251 e. The molecule has 0 bridgehead atoms. The number of ether oxygens (including phenoxy) is 2. The van der Waals surface area contributed by atoms with Crippen LogP contribution in [0.4, 0.5) is 11.4 Å². The van der Waals surface area contributed by atoms with E-state index in [1.165, 1.54) is 11.8 Å². The molecule has 2 aromatic carbocycles. The Morgan fingerprint density at radius 3 is 2.79 bits per heavy atom. The summed E-state index contributed by atoms with van der Waals surface area (Å²) in [5.41, 5.74) is 1.44. The van der Waals surface area contributed by atoms with Gasteiger partial charge in [-0.25, -0.2) is 0 Å². The van der Waals surface area contributed by atoms with Crippen LogP contribution in [-0.2, 0) is 9.59 Å². The molecule has 1 spiro atoms. The minimum Gasteiger partial charge on any atom is -0.448 e. The fraction of sp³-hybridized carbons (Fsp3) is 0.333. The number of hydrogen-bond acceptors (Lipinski definition) is 5. The maximum Gasteiger partial charge on any atom is 0.251 e. The third-order valence-electron chi connectivity index (χ3n) is 5.26. The van der Waals surface area contributed by atoms with Crippen molar-refractivity contribution in [3.63, 3.8) is 0 Å². The van der Waals surface area contributed by atoms with E-state index in [2.05, 4.69) is 10.6 Å². The lowest BCUT2D eigenvalue weighted by Crippen LogP contribution is -2.34. The summed E-state index contributed by atoms with van der Waals surface area (Å²) in [6.45, 7) is 0. The van der Waals surface area contributed by atoms with Crippen molar-refractivity contribution in [3.8, 4) is 11.5 Å². The topological polar surface area (TPSA) is 76.7 Å². The van der Waals surface area contributed by atoms with Crippen molar-refractivity contribution in [2.24, 2.45) is 0 Å². The molecule has 28 heavy (non-hydrogen) atoms. The van der Waals surface area contributed by atoms with Crippen molar-refractivity contribution in [1.82, 2.24) is 0 Å². The van der Waals surface area contributed by atoms with Gasteiger partial charge in [0.2, 0.25) is 11.8 Å². The second kappa shape index (κ2) is 6.74. The van der Waals surface area contributed by atoms with Crippen LogP contribution >= 0.6 is 11.8 Å². The molecule has 0 unspecified atom stereocenters. The highest BCUT2D eigenvalue weighted by molar-refractivity contribution is 8.01. The zero-order valence-electron chi connectivity index (χ0n) is 15.2. The molecule has 1 aliphatic carbocycles. The number of amides is 2. The molecular weight excluding hydrogens is 376 g/mol. The summed E-state index contributed by atoms with van der Waals surface area (Å²) in [4.78, 5) is 25.8. The number of fused-ring (bicyclic) bond motifs is 2. The molecule has 2 amide bonds. The number of benzene rings is 2. The lowest BCUT2D eigenvalue weighted by atomic mass is 10.2. The molecule has 0 radical (unpaired) electrons. The minimum atomic E-state index is -0.519. The summed E-state index contributed by atoms with van der Waals surface area (Å²) >= 11 is 1.42. The first-order valence-corrected chi connectivity index (χ1v) is 10.4. The van der Waals surface area contributed by atoms with Crippen LogP contribution in [-0.4, -0.2) is 22.9 Å². The average molecular weight is 396 g/mol. The zero-order valence-corrected chi connectivity index (χ0v) is 16.0. The maximum atomic E-state index is 12.5. The quantitative estimate of drug-likeness (QED) is 0.814. The molecule has 2 N–H and O–H groups in total. The molecule has 1 fully saturated rings. The van der Waals surface area contributed by atoms with Crippen LogP contribution in [0.25, 0.3) is 0 Å².